The average Bonchev–Trinajstić information content (AvgIpc) is 2.77. The fourth-order valence-corrected chi connectivity index (χ4v) is 4.80. The van der Waals surface area contributed by atoms with Crippen molar-refractivity contribution in [3.8, 4) is 0 Å². The number of halogens is 5. The number of rotatable bonds is 7. The highest BCUT2D eigenvalue weighted by atomic mass is 35.5. The largest absolute Gasteiger partial charge is 0.417 e. The first-order chi connectivity index (χ1) is 15.5. The van der Waals surface area contributed by atoms with E-state index < -0.39 is 39.2 Å². The summed E-state index contributed by atoms with van der Waals surface area (Å²) in [4.78, 5) is 12.4. The molecule has 11 heteroatoms. The summed E-state index contributed by atoms with van der Waals surface area (Å²) in [6.07, 6.45) is -4.82. The van der Waals surface area contributed by atoms with E-state index in [0.29, 0.717) is 21.0 Å². The maximum absolute atomic E-state index is 13.4. The summed E-state index contributed by atoms with van der Waals surface area (Å²) in [6.45, 7) is -0.757. The van der Waals surface area contributed by atoms with Crippen molar-refractivity contribution in [2.45, 2.75) is 17.6 Å². The van der Waals surface area contributed by atoms with Crippen molar-refractivity contribution in [3.05, 3.63) is 94.0 Å². The fraction of sp³-hybridized carbons (Fsp3) is 0.136. The Bertz CT molecular complexity index is 1250. The molecule has 0 atom stereocenters. The molecule has 0 bridgehead atoms. The van der Waals surface area contributed by atoms with E-state index in [0.717, 1.165) is 12.1 Å². The van der Waals surface area contributed by atoms with Gasteiger partial charge in [0.1, 0.15) is 6.54 Å². The second-order valence-corrected chi connectivity index (χ2v) is 9.53. The molecule has 5 nitrogen and oxygen atoms in total. The van der Waals surface area contributed by atoms with Crippen molar-refractivity contribution >= 4 is 44.8 Å². The zero-order chi connectivity index (χ0) is 24.2. The van der Waals surface area contributed by atoms with Gasteiger partial charge in [-0.1, -0.05) is 59.6 Å². The lowest BCUT2D eigenvalue weighted by Crippen LogP contribution is -2.40. The highest BCUT2D eigenvalue weighted by Gasteiger charge is 2.35. The van der Waals surface area contributed by atoms with Crippen molar-refractivity contribution in [3.63, 3.8) is 0 Å². The number of nitrogens with one attached hydrogen (secondary N) is 1. The van der Waals surface area contributed by atoms with Crippen LogP contribution in [0.4, 0.5) is 18.9 Å². The van der Waals surface area contributed by atoms with Gasteiger partial charge in [-0.2, -0.15) is 13.2 Å². The van der Waals surface area contributed by atoms with E-state index in [1.54, 1.807) is 30.3 Å². The van der Waals surface area contributed by atoms with E-state index in [9.17, 15) is 26.4 Å². The molecule has 0 saturated carbocycles. The molecule has 0 aliphatic carbocycles. The van der Waals surface area contributed by atoms with Crippen molar-refractivity contribution in [1.29, 1.82) is 0 Å². The molecule has 0 aliphatic rings. The van der Waals surface area contributed by atoms with E-state index >= 15 is 0 Å². The lowest BCUT2D eigenvalue weighted by Gasteiger charge is -2.25. The van der Waals surface area contributed by atoms with Crippen LogP contribution < -0.4 is 9.62 Å². The van der Waals surface area contributed by atoms with Gasteiger partial charge in [0.2, 0.25) is 5.91 Å². The number of sulfonamides is 1. The molecule has 0 aromatic heterocycles. The molecular weight excluding hydrogens is 500 g/mol. The SMILES string of the molecule is O=C(CN(c1ccc(Cl)c(C(F)(F)F)c1)S(=O)(=O)c1ccccc1)NCc1ccccc1Cl. The normalized spacial score (nSPS) is 11.8. The van der Waals surface area contributed by atoms with Crippen LogP contribution in [0.3, 0.4) is 0 Å². The maximum Gasteiger partial charge on any atom is 0.417 e. The molecule has 33 heavy (non-hydrogen) atoms. The van der Waals surface area contributed by atoms with Crippen LogP contribution in [0.15, 0.2) is 77.7 Å². The highest BCUT2D eigenvalue weighted by Crippen LogP contribution is 2.38. The van der Waals surface area contributed by atoms with Crippen LogP contribution in [0.2, 0.25) is 10.0 Å². The molecule has 0 heterocycles. The predicted molar refractivity (Wildman–Crippen MR) is 121 cm³/mol. The molecule has 0 saturated heterocycles. The zero-order valence-corrected chi connectivity index (χ0v) is 19.1. The van der Waals surface area contributed by atoms with Crippen LogP contribution in [-0.4, -0.2) is 20.9 Å². The van der Waals surface area contributed by atoms with Gasteiger partial charge < -0.3 is 5.32 Å². The summed E-state index contributed by atoms with van der Waals surface area (Å²) in [5.41, 5.74) is -0.981. The molecule has 0 radical (unpaired) electrons. The smallest absolute Gasteiger partial charge is 0.350 e. The molecule has 0 unspecified atom stereocenters. The van der Waals surface area contributed by atoms with E-state index in [1.165, 1.54) is 24.3 Å². The third-order valence-corrected chi connectivity index (χ3v) is 7.08. The third-order valence-electron chi connectivity index (χ3n) is 4.60. The molecular formula is C22H17Cl2F3N2O3S. The minimum Gasteiger partial charge on any atom is -0.350 e. The Balaban J connectivity index is 1.96. The van der Waals surface area contributed by atoms with Crippen LogP contribution in [0.5, 0.6) is 0 Å². The van der Waals surface area contributed by atoms with E-state index in [2.05, 4.69) is 5.32 Å². The summed E-state index contributed by atoms with van der Waals surface area (Å²) in [5, 5.41) is 2.35. The number of hydrogen-bond acceptors (Lipinski definition) is 3. The summed E-state index contributed by atoms with van der Waals surface area (Å²) in [6, 6.07) is 16.5. The first-order valence-corrected chi connectivity index (χ1v) is 11.6. The molecule has 3 aromatic carbocycles. The lowest BCUT2D eigenvalue weighted by molar-refractivity contribution is -0.137. The van der Waals surface area contributed by atoms with Crippen LogP contribution >= 0.6 is 23.2 Å². The number of carbonyl (C=O) groups is 1. The van der Waals surface area contributed by atoms with Gasteiger partial charge in [-0.05, 0) is 42.0 Å². The maximum atomic E-state index is 13.4. The molecule has 0 spiro atoms. The Morgan fingerprint density at radius 2 is 1.55 bits per heavy atom. The molecule has 3 rings (SSSR count). The van der Waals surface area contributed by atoms with Crippen molar-refractivity contribution in [2.75, 3.05) is 10.8 Å². The first kappa shape index (κ1) is 24.9. The summed E-state index contributed by atoms with van der Waals surface area (Å²) in [7, 11) is -4.38. The summed E-state index contributed by atoms with van der Waals surface area (Å²) in [5.74, 6) is -0.738. The minimum atomic E-state index is -4.82. The quantitative estimate of drug-likeness (QED) is 0.449. The van der Waals surface area contributed by atoms with Crippen molar-refractivity contribution in [1.82, 2.24) is 5.32 Å². The van der Waals surface area contributed by atoms with E-state index in [-0.39, 0.29) is 17.1 Å². The van der Waals surface area contributed by atoms with E-state index in [4.69, 9.17) is 23.2 Å². The van der Waals surface area contributed by atoms with Crippen molar-refractivity contribution in [2.24, 2.45) is 0 Å². The topological polar surface area (TPSA) is 66.5 Å². The van der Waals surface area contributed by atoms with Crippen LogP contribution in [0.25, 0.3) is 0 Å². The van der Waals surface area contributed by atoms with Gasteiger partial charge in [0.15, 0.2) is 0 Å². The Morgan fingerprint density at radius 1 is 0.909 bits per heavy atom. The number of nitrogens with zero attached hydrogens (tertiary/aromatic N) is 1. The molecule has 0 fully saturated rings. The van der Waals surface area contributed by atoms with Gasteiger partial charge >= 0.3 is 6.18 Å². The Hall–Kier alpha value is -2.75. The lowest BCUT2D eigenvalue weighted by atomic mass is 10.2. The van der Waals surface area contributed by atoms with Gasteiger partial charge in [-0.25, -0.2) is 8.42 Å². The molecule has 1 N–H and O–H groups in total. The van der Waals surface area contributed by atoms with Gasteiger partial charge in [-0.3, -0.25) is 9.10 Å². The molecule has 174 valence electrons. The predicted octanol–water partition coefficient (Wildman–Crippen LogP) is 5.52. The summed E-state index contributed by atoms with van der Waals surface area (Å²) >= 11 is 11.7. The Kier molecular flexibility index (Phi) is 7.56. The number of carbonyl (C=O) groups excluding carboxylic acids is 1. The molecule has 3 aromatic rings. The first-order valence-electron chi connectivity index (χ1n) is 9.45. The third kappa shape index (κ3) is 5.98. The van der Waals surface area contributed by atoms with Crippen LogP contribution in [-0.2, 0) is 27.5 Å². The van der Waals surface area contributed by atoms with Crippen LogP contribution in [0.1, 0.15) is 11.1 Å². The second kappa shape index (κ2) is 10.0. The number of amides is 1. The molecule has 1 amide bonds. The number of anilines is 1. The van der Waals surface area contributed by atoms with Gasteiger partial charge in [0.25, 0.3) is 10.0 Å². The zero-order valence-electron chi connectivity index (χ0n) is 16.8. The fourth-order valence-electron chi connectivity index (χ4n) is 2.94. The highest BCUT2D eigenvalue weighted by molar-refractivity contribution is 7.92. The average molecular weight is 517 g/mol. The Morgan fingerprint density at radius 3 is 2.18 bits per heavy atom. The Labute approximate surface area is 198 Å². The molecule has 0 aliphatic heterocycles. The number of alkyl halides is 3. The minimum absolute atomic E-state index is 0.00610. The number of benzene rings is 3. The second-order valence-electron chi connectivity index (χ2n) is 6.85. The number of hydrogen-bond donors (Lipinski definition) is 1. The van der Waals surface area contributed by atoms with Crippen molar-refractivity contribution < 1.29 is 26.4 Å². The summed E-state index contributed by atoms with van der Waals surface area (Å²) < 4.78 is 67.2. The van der Waals surface area contributed by atoms with Gasteiger partial charge in [0, 0.05) is 11.6 Å². The monoisotopic (exact) mass is 516 g/mol. The standard InChI is InChI=1S/C22H17Cl2F3N2O3S/c23-19-9-5-4-6-15(19)13-28-21(30)14-29(33(31,32)17-7-2-1-3-8-17)16-10-11-20(24)18(12-16)22(25,26)27/h1-12H,13-14H2,(H,28,30). The van der Waals surface area contributed by atoms with Crippen LogP contribution in [0, 0.1) is 0 Å². The van der Waals surface area contributed by atoms with E-state index in [1.807, 2.05) is 0 Å². The van der Waals surface area contributed by atoms with Gasteiger partial charge in [-0.15, -0.1) is 0 Å². The van der Waals surface area contributed by atoms with Gasteiger partial charge in [0.05, 0.1) is 21.2 Å².